The Morgan fingerprint density at radius 2 is 1.67 bits per heavy atom. The van der Waals surface area contributed by atoms with Crippen LogP contribution in [-0.2, 0) is 22.6 Å². The lowest BCUT2D eigenvalue weighted by Crippen LogP contribution is -2.31. The second-order valence-corrected chi connectivity index (χ2v) is 10.0. The monoisotopic (exact) mass is 585 g/mol. The van der Waals surface area contributed by atoms with Crippen molar-refractivity contribution in [3.8, 4) is 22.6 Å². The molecule has 1 saturated heterocycles. The molecule has 0 saturated carbocycles. The van der Waals surface area contributed by atoms with Crippen molar-refractivity contribution in [3.05, 3.63) is 83.2 Å². The molecule has 0 aromatic heterocycles. The molecule has 3 aromatic carbocycles. The third-order valence-electron chi connectivity index (χ3n) is 6.77. The normalized spacial score (nSPS) is 14.0. The molecule has 0 bridgehead atoms. The molecule has 0 unspecified atom stereocenters. The second-order valence-electron chi connectivity index (χ2n) is 10.0. The minimum Gasteiger partial charge on any atom is -0.493 e. The average molecular weight is 586 g/mol. The molecule has 0 spiro atoms. The summed E-state index contributed by atoms with van der Waals surface area (Å²) in [7, 11) is 0. The number of hydrogen-bond acceptors (Lipinski definition) is 5. The number of likely N-dealkylation sites (tertiary alicyclic amines) is 1. The molecule has 1 fully saturated rings. The first-order valence-corrected chi connectivity index (χ1v) is 13.4. The first kappa shape index (κ1) is 30.4. The smallest absolute Gasteiger partial charge is 0.303 e. The van der Waals surface area contributed by atoms with Gasteiger partial charge in [-0.15, -0.1) is 0 Å². The van der Waals surface area contributed by atoms with Crippen molar-refractivity contribution in [2.24, 2.45) is 0 Å². The zero-order valence-electron chi connectivity index (χ0n) is 22.7. The van der Waals surface area contributed by atoms with E-state index in [0.717, 1.165) is 4.90 Å². The van der Waals surface area contributed by atoms with Crippen molar-refractivity contribution in [1.29, 1.82) is 0 Å². The van der Waals surface area contributed by atoms with Gasteiger partial charge in [-0.1, -0.05) is 24.3 Å². The number of aliphatic carboxylic acids is 2. The Hall–Kier alpha value is -4.54. The lowest BCUT2D eigenvalue weighted by atomic mass is 10.0. The van der Waals surface area contributed by atoms with E-state index in [1.54, 1.807) is 30.3 Å². The quantitative estimate of drug-likeness (QED) is 0.243. The third kappa shape index (κ3) is 8.25. The number of rotatable bonds is 13. The predicted molar refractivity (Wildman–Crippen MR) is 146 cm³/mol. The van der Waals surface area contributed by atoms with Crippen LogP contribution >= 0.6 is 0 Å². The Morgan fingerprint density at radius 1 is 0.905 bits per heavy atom. The van der Waals surface area contributed by atoms with E-state index in [1.165, 1.54) is 30.3 Å². The number of benzene rings is 3. The zero-order chi connectivity index (χ0) is 30.3. The molecule has 0 aliphatic carbocycles. The van der Waals surface area contributed by atoms with E-state index in [4.69, 9.17) is 14.6 Å². The van der Waals surface area contributed by atoms with Crippen LogP contribution in [0.1, 0.15) is 47.2 Å². The van der Waals surface area contributed by atoms with Crippen molar-refractivity contribution in [3.63, 3.8) is 0 Å². The Balaban J connectivity index is 1.62. The maximum atomic E-state index is 14.0. The highest BCUT2D eigenvalue weighted by atomic mass is 19.3. The Labute approximate surface area is 240 Å². The molecule has 0 atom stereocenters. The van der Waals surface area contributed by atoms with Gasteiger partial charge >= 0.3 is 11.9 Å². The molecule has 42 heavy (non-hydrogen) atoms. The molecule has 1 heterocycles. The molecule has 4 rings (SSSR count). The number of hydrogen-bond donors (Lipinski definition) is 2. The van der Waals surface area contributed by atoms with Crippen LogP contribution in [0.25, 0.3) is 11.1 Å². The van der Waals surface area contributed by atoms with Gasteiger partial charge in [0.25, 0.3) is 11.8 Å². The third-order valence-corrected chi connectivity index (χ3v) is 6.77. The van der Waals surface area contributed by atoms with Gasteiger partial charge in [0.2, 0.25) is 0 Å². The minimum absolute atomic E-state index is 0.0523. The SMILES string of the molecule is O=C(O)CCCOc1cccc(COc2cc(C(=O)N3CCC(F)(F)C3)cc(-c3cccc(F)c3)c2)c1CCC(=O)O. The van der Waals surface area contributed by atoms with Crippen molar-refractivity contribution >= 4 is 17.8 Å². The standard InChI is InChI=1S/C31H30F3NO7/c32-24-6-1-4-20(15-24)22-14-23(30(40)35-12-11-31(33,34)19-35)17-25(16-22)42-18-21-5-2-7-27(26(21)9-10-29(38)39)41-13-3-8-28(36)37/h1-2,4-7,14-17H,3,8-13,18-19H2,(H,36,37)(H,38,39). The van der Waals surface area contributed by atoms with Gasteiger partial charge in [0.15, 0.2) is 0 Å². The molecule has 222 valence electrons. The van der Waals surface area contributed by atoms with Crippen LogP contribution in [0.15, 0.2) is 60.7 Å². The summed E-state index contributed by atoms with van der Waals surface area (Å²) in [5.41, 5.74) is 2.19. The molecule has 2 N–H and O–H groups in total. The summed E-state index contributed by atoms with van der Waals surface area (Å²) in [5.74, 6) is -5.40. The summed E-state index contributed by atoms with van der Waals surface area (Å²) in [6.07, 6.45) is -0.304. The lowest BCUT2D eigenvalue weighted by Gasteiger charge is -2.19. The number of carbonyl (C=O) groups excluding carboxylic acids is 1. The number of carbonyl (C=O) groups is 3. The van der Waals surface area contributed by atoms with Gasteiger partial charge in [-0.3, -0.25) is 14.4 Å². The number of carboxylic acids is 2. The van der Waals surface area contributed by atoms with Crippen LogP contribution in [0.2, 0.25) is 0 Å². The molecule has 1 aliphatic heterocycles. The summed E-state index contributed by atoms with van der Waals surface area (Å²) in [6.45, 7) is -0.729. The van der Waals surface area contributed by atoms with Crippen molar-refractivity contribution in [1.82, 2.24) is 4.90 Å². The Bertz CT molecular complexity index is 1460. The van der Waals surface area contributed by atoms with Gasteiger partial charge < -0.3 is 24.6 Å². The molecule has 0 radical (unpaired) electrons. The van der Waals surface area contributed by atoms with E-state index in [0.29, 0.717) is 28.0 Å². The Kier molecular flexibility index (Phi) is 9.72. The largest absolute Gasteiger partial charge is 0.493 e. The van der Waals surface area contributed by atoms with Crippen LogP contribution < -0.4 is 9.47 Å². The highest BCUT2D eigenvalue weighted by molar-refractivity contribution is 5.96. The van der Waals surface area contributed by atoms with Crippen LogP contribution in [0.5, 0.6) is 11.5 Å². The van der Waals surface area contributed by atoms with Crippen LogP contribution in [0.4, 0.5) is 13.2 Å². The summed E-state index contributed by atoms with van der Waals surface area (Å²) in [4.78, 5) is 36.4. The maximum absolute atomic E-state index is 14.0. The molecule has 3 aromatic rings. The molecule has 11 heteroatoms. The summed E-state index contributed by atoms with van der Waals surface area (Å²) in [5, 5.41) is 18.1. The van der Waals surface area contributed by atoms with Gasteiger partial charge in [-0.25, -0.2) is 13.2 Å². The first-order valence-electron chi connectivity index (χ1n) is 13.4. The van der Waals surface area contributed by atoms with Gasteiger partial charge in [-0.2, -0.15) is 0 Å². The lowest BCUT2D eigenvalue weighted by molar-refractivity contribution is -0.138. The van der Waals surface area contributed by atoms with Crippen molar-refractivity contribution < 1.29 is 47.2 Å². The van der Waals surface area contributed by atoms with Crippen molar-refractivity contribution in [2.45, 2.75) is 44.6 Å². The van der Waals surface area contributed by atoms with Gasteiger partial charge in [-0.05, 0) is 65.9 Å². The first-order chi connectivity index (χ1) is 20.0. The van der Waals surface area contributed by atoms with Crippen LogP contribution in [0, 0.1) is 5.82 Å². The average Bonchev–Trinajstić information content (AvgIpc) is 3.32. The predicted octanol–water partition coefficient (Wildman–Crippen LogP) is 5.81. The molecular weight excluding hydrogens is 555 g/mol. The van der Waals surface area contributed by atoms with E-state index < -0.39 is 42.6 Å². The summed E-state index contributed by atoms with van der Waals surface area (Å²) in [6, 6.07) is 15.4. The number of amides is 1. The fourth-order valence-electron chi connectivity index (χ4n) is 4.70. The minimum atomic E-state index is -2.97. The Morgan fingerprint density at radius 3 is 2.36 bits per heavy atom. The van der Waals surface area contributed by atoms with Crippen LogP contribution in [-0.4, -0.2) is 58.6 Å². The van der Waals surface area contributed by atoms with E-state index in [-0.39, 0.29) is 56.8 Å². The van der Waals surface area contributed by atoms with Crippen molar-refractivity contribution in [2.75, 3.05) is 19.7 Å². The highest BCUT2D eigenvalue weighted by Crippen LogP contribution is 2.32. The number of carboxylic acid groups (broad SMARTS) is 2. The van der Waals surface area contributed by atoms with Crippen LogP contribution in [0.3, 0.4) is 0 Å². The number of halogens is 3. The van der Waals surface area contributed by atoms with E-state index in [1.807, 2.05) is 0 Å². The van der Waals surface area contributed by atoms with Gasteiger partial charge in [0, 0.05) is 36.9 Å². The number of alkyl halides is 2. The van der Waals surface area contributed by atoms with E-state index in [9.17, 15) is 32.7 Å². The fraction of sp³-hybridized carbons (Fsp3) is 0.323. The number of nitrogens with zero attached hydrogens (tertiary/aromatic N) is 1. The molecular formula is C31H30F3NO7. The summed E-state index contributed by atoms with van der Waals surface area (Å²) < 4.78 is 53.5. The fourth-order valence-corrected chi connectivity index (χ4v) is 4.70. The molecule has 8 nitrogen and oxygen atoms in total. The topological polar surface area (TPSA) is 113 Å². The molecule has 1 aliphatic rings. The maximum Gasteiger partial charge on any atom is 0.303 e. The molecule has 1 amide bonds. The summed E-state index contributed by atoms with van der Waals surface area (Å²) >= 11 is 0. The van der Waals surface area contributed by atoms with E-state index in [2.05, 4.69) is 0 Å². The van der Waals surface area contributed by atoms with E-state index >= 15 is 0 Å². The van der Waals surface area contributed by atoms with Gasteiger partial charge in [0.1, 0.15) is 23.9 Å². The zero-order valence-corrected chi connectivity index (χ0v) is 22.7. The van der Waals surface area contributed by atoms with Gasteiger partial charge in [0.05, 0.1) is 13.2 Å². The second kappa shape index (κ2) is 13.4. The highest BCUT2D eigenvalue weighted by Gasteiger charge is 2.40. The number of ether oxygens (including phenoxy) is 2.